The quantitative estimate of drug-likeness (QED) is 0.515. The maximum absolute atomic E-state index is 12.9. The van der Waals surface area contributed by atoms with Gasteiger partial charge in [0.1, 0.15) is 12.2 Å². The van der Waals surface area contributed by atoms with Crippen molar-refractivity contribution in [2.75, 3.05) is 38.6 Å². The summed E-state index contributed by atoms with van der Waals surface area (Å²) in [5, 5.41) is 12.3. The van der Waals surface area contributed by atoms with E-state index in [1.54, 1.807) is 4.67 Å². The maximum Gasteiger partial charge on any atom is 0.344 e. The molecule has 1 unspecified atom stereocenters. The molecule has 2 N–H and O–H groups in total. The van der Waals surface area contributed by atoms with Gasteiger partial charge in [0.15, 0.2) is 6.29 Å². The largest absolute Gasteiger partial charge is 0.394 e. The molecule has 7 nitrogen and oxygen atoms in total. The average molecular weight is 349 g/mol. The van der Waals surface area contributed by atoms with Crippen molar-refractivity contribution in [1.82, 2.24) is 9.76 Å². The number of aliphatic hydroxyl groups excluding tert-OH is 1. The number of fused-ring (bicyclic) bond motifs is 1. The third-order valence-corrected chi connectivity index (χ3v) is 6.01. The summed E-state index contributed by atoms with van der Waals surface area (Å²) in [6.45, 7) is 0.572. The number of nitrogens with zero attached hydrogens (tertiary/aromatic N) is 1. The lowest BCUT2D eigenvalue weighted by atomic mass is 10.1. The second kappa shape index (κ2) is 7.22. The van der Waals surface area contributed by atoms with Gasteiger partial charge in [0, 0.05) is 32.0 Å². The number of aliphatic hydroxyl groups is 1. The minimum absolute atomic E-state index is 0.206. The highest BCUT2D eigenvalue weighted by atomic mass is 35.5. The normalized spacial score (nSPS) is 40.5. The average Bonchev–Trinajstić information content (AvgIpc) is 2.93. The lowest BCUT2D eigenvalue weighted by molar-refractivity contribution is -0.149. The lowest BCUT2D eigenvalue weighted by Crippen LogP contribution is -2.39. The number of alkyl halides is 2. The molecule has 2 fully saturated rings. The molecule has 118 valence electrons. The van der Waals surface area contributed by atoms with Gasteiger partial charge in [-0.05, 0) is 0 Å². The van der Waals surface area contributed by atoms with E-state index in [1.807, 2.05) is 0 Å². The molecule has 0 aliphatic carbocycles. The van der Waals surface area contributed by atoms with E-state index in [4.69, 9.17) is 37.2 Å². The monoisotopic (exact) mass is 348 g/mol. The summed E-state index contributed by atoms with van der Waals surface area (Å²) in [5.74, 6) is 0.629. The summed E-state index contributed by atoms with van der Waals surface area (Å²) in [6.07, 6.45) is -1.71. The Labute approximate surface area is 128 Å². The highest BCUT2D eigenvalue weighted by Gasteiger charge is 2.57. The first-order chi connectivity index (χ1) is 9.59. The highest BCUT2D eigenvalue weighted by molar-refractivity contribution is 7.54. The third-order valence-electron chi connectivity index (χ3n) is 3.38. The maximum atomic E-state index is 12.9. The number of halogens is 2. The minimum Gasteiger partial charge on any atom is -0.394 e. The van der Waals surface area contributed by atoms with E-state index in [-0.39, 0.29) is 12.6 Å². The van der Waals surface area contributed by atoms with Crippen LogP contribution in [0, 0.1) is 0 Å². The van der Waals surface area contributed by atoms with Crippen LogP contribution in [0.3, 0.4) is 0 Å². The van der Waals surface area contributed by atoms with Gasteiger partial charge in [0.25, 0.3) is 0 Å². The van der Waals surface area contributed by atoms with E-state index < -0.39 is 26.2 Å². The number of rotatable bonds is 7. The fraction of sp³-hybridized carbons (Fsp3) is 1.00. The number of methoxy groups -OCH3 is 1. The van der Waals surface area contributed by atoms with Gasteiger partial charge in [-0.15, -0.1) is 23.2 Å². The van der Waals surface area contributed by atoms with Crippen molar-refractivity contribution < 1.29 is 23.7 Å². The van der Waals surface area contributed by atoms with E-state index in [9.17, 15) is 9.67 Å². The second-order valence-corrected chi connectivity index (χ2v) is 7.37. The molecule has 0 aromatic heterocycles. The van der Waals surface area contributed by atoms with Gasteiger partial charge >= 0.3 is 7.67 Å². The summed E-state index contributed by atoms with van der Waals surface area (Å²) in [6, 6.07) is -0.385. The fourth-order valence-electron chi connectivity index (χ4n) is 2.44. The van der Waals surface area contributed by atoms with Gasteiger partial charge in [-0.1, -0.05) is 0 Å². The van der Waals surface area contributed by atoms with Gasteiger partial charge in [0.05, 0.1) is 12.6 Å². The van der Waals surface area contributed by atoms with Crippen molar-refractivity contribution >= 4 is 30.9 Å². The Morgan fingerprint density at radius 3 is 2.55 bits per heavy atom. The van der Waals surface area contributed by atoms with E-state index in [0.717, 1.165) is 0 Å². The summed E-state index contributed by atoms with van der Waals surface area (Å²) < 4.78 is 30.8. The molecule has 2 aliphatic rings. The first-order valence-electron chi connectivity index (χ1n) is 6.32. The molecule has 20 heavy (non-hydrogen) atoms. The lowest BCUT2D eigenvalue weighted by Gasteiger charge is -2.28. The molecule has 0 spiro atoms. The van der Waals surface area contributed by atoms with Crippen LogP contribution in [0.1, 0.15) is 0 Å². The first kappa shape index (κ1) is 16.9. The molecule has 0 aromatic carbocycles. The van der Waals surface area contributed by atoms with Crippen molar-refractivity contribution in [1.29, 1.82) is 0 Å². The smallest absolute Gasteiger partial charge is 0.344 e. The van der Waals surface area contributed by atoms with Crippen LogP contribution in [0.15, 0.2) is 0 Å². The number of hydrogen-bond acceptors (Lipinski definition) is 5. The Balaban J connectivity index is 2.14. The zero-order valence-corrected chi connectivity index (χ0v) is 13.5. The zero-order chi connectivity index (χ0) is 14.8. The van der Waals surface area contributed by atoms with Crippen molar-refractivity contribution in [2.45, 2.75) is 24.5 Å². The van der Waals surface area contributed by atoms with Gasteiger partial charge in [-0.2, -0.15) is 0 Å². The van der Waals surface area contributed by atoms with Gasteiger partial charge < -0.3 is 14.6 Å². The molecule has 2 aliphatic heterocycles. The number of ether oxygens (including phenoxy) is 2. The predicted octanol–water partition coefficient (Wildman–Crippen LogP) is 0.595. The highest BCUT2D eigenvalue weighted by Crippen LogP contribution is 2.56. The Kier molecular flexibility index (Phi) is 6.11. The Bertz CT molecular complexity index is 350. The van der Waals surface area contributed by atoms with Crippen LogP contribution in [0.25, 0.3) is 0 Å². The van der Waals surface area contributed by atoms with Crippen LogP contribution in [0.2, 0.25) is 0 Å². The molecule has 2 saturated heterocycles. The second-order valence-electron chi connectivity index (χ2n) is 4.54. The van der Waals surface area contributed by atoms with Crippen LogP contribution in [-0.2, 0) is 18.6 Å². The molecular weight excluding hydrogens is 330 g/mol. The predicted molar refractivity (Wildman–Crippen MR) is 75.2 cm³/mol. The molecule has 2 heterocycles. The van der Waals surface area contributed by atoms with Gasteiger partial charge in [-0.25, -0.2) is 9.76 Å². The van der Waals surface area contributed by atoms with Gasteiger partial charge in [-0.3, -0.25) is 9.09 Å². The fourth-order valence-corrected chi connectivity index (χ4v) is 5.41. The minimum atomic E-state index is -3.25. The Morgan fingerprint density at radius 2 is 2.05 bits per heavy atom. The molecule has 0 bridgehead atoms. The Hall–Kier alpha value is 0.570. The molecule has 0 radical (unpaired) electrons. The first-order valence-corrected chi connectivity index (χ1v) is 8.97. The van der Waals surface area contributed by atoms with Crippen LogP contribution in [0.5, 0.6) is 0 Å². The van der Waals surface area contributed by atoms with Crippen molar-refractivity contribution in [3.63, 3.8) is 0 Å². The van der Waals surface area contributed by atoms with Crippen molar-refractivity contribution in [2.24, 2.45) is 0 Å². The number of hydrogen-bond donors (Lipinski definition) is 2. The summed E-state index contributed by atoms with van der Waals surface area (Å²) in [5.41, 5.74) is 0. The number of nitrogens with one attached hydrogen (secondary N) is 1. The molecule has 0 aromatic rings. The molecular formula is C10H19Cl2N2O5P. The Morgan fingerprint density at radius 1 is 1.40 bits per heavy atom. The molecule has 0 saturated carbocycles. The zero-order valence-electron chi connectivity index (χ0n) is 11.1. The van der Waals surface area contributed by atoms with Crippen LogP contribution < -0.4 is 5.09 Å². The van der Waals surface area contributed by atoms with E-state index in [0.29, 0.717) is 24.8 Å². The van der Waals surface area contributed by atoms with E-state index in [2.05, 4.69) is 5.09 Å². The standard InChI is InChI=1S/C10H19Cl2N2O5P/c1-17-10-9-8(7(6-15)18-10)13-20(16,19-9)14(4-2-11)5-3-12/h7-10,15H,2-6H2,1H3,(H,13,16)/t7-,8-,9-,10-,20?/m1/s1. The molecule has 5 atom stereocenters. The summed E-state index contributed by atoms with van der Waals surface area (Å²) in [4.78, 5) is 0. The van der Waals surface area contributed by atoms with Crippen LogP contribution in [0.4, 0.5) is 0 Å². The topological polar surface area (TPSA) is 80.3 Å². The van der Waals surface area contributed by atoms with Gasteiger partial charge in [0.2, 0.25) is 0 Å². The van der Waals surface area contributed by atoms with Crippen molar-refractivity contribution in [3.05, 3.63) is 0 Å². The van der Waals surface area contributed by atoms with Crippen LogP contribution >= 0.6 is 30.9 Å². The SMILES string of the molecule is CO[C@@H]1O[C@H](CO)[C@H]2NP(=O)(N(CCCl)CCCl)O[C@@H]12. The van der Waals surface area contributed by atoms with Crippen LogP contribution in [-0.4, -0.2) is 72.9 Å². The molecule has 10 heteroatoms. The molecule has 0 amide bonds. The summed E-state index contributed by atoms with van der Waals surface area (Å²) >= 11 is 11.5. The van der Waals surface area contributed by atoms with Crippen molar-refractivity contribution in [3.8, 4) is 0 Å². The third kappa shape index (κ3) is 3.16. The molecule has 2 rings (SSSR count). The summed E-state index contributed by atoms with van der Waals surface area (Å²) in [7, 11) is -1.77. The van der Waals surface area contributed by atoms with E-state index >= 15 is 0 Å². The van der Waals surface area contributed by atoms with E-state index in [1.165, 1.54) is 7.11 Å².